The summed E-state index contributed by atoms with van der Waals surface area (Å²) in [7, 11) is -4.41. The van der Waals surface area contributed by atoms with Gasteiger partial charge in [0.25, 0.3) is 0 Å². The van der Waals surface area contributed by atoms with E-state index in [1.807, 2.05) is 53.4 Å². The summed E-state index contributed by atoms with van der Waals surface area (Å²) < 4.78 is 54.7. The minimum Gasteiger partial charge on any atom is -0.506 e. The van der Waals surface area contributed by atoms with Gasteiger partial charge in [-0.2, -0.15) is 5.11 Å². The Balaban J connectivity index is 1.47. The van der Waals surface area contributed by atoms with Gasteiger partial charge in [0.05, 0.1) is 36.6 Å². The molecule has 0 fully saturated rings. The highest BCUT2D eigenvalue weighted by molar-refractivity contribution is 7.94. The molecular weight excluding hydrogens is 753 g/mol. The first kappa shape index (κ1) is 39.7. The van der Waals surface area contributed by atoms with Crippen LogP contribution < -0.4 is 15.0 Å². The largest absolute Gasteiger partial charge is 0.506 e. The van der Waals surface area contributed by atoms with Crippen LogP contribution in [0.15, 0.2) is 127 Å². The molecule has 5 aromatic rings. The Morgan fingerprint density at radius 2 is 1.61 bits per heavy atom. The number of fused-ring (bicyclic) bond motifs is 1. The molecule has 0 amide bonds. The summed E-state index contributed by atoms with van der Waals surface area (Å²) >= 11 is 4.55. The van der Waals surface area contributed by atoms with Crippen molar-refractivity contribution < 1.29 is 36.9 Å². The predicted molar refractivity (Wildman–Crippen MR) is 212 cm³/mol. The number of aliphatic hydroxyl groups excluding tert-OH is 1. The van der Waals surface area contributed by atoms with Gasteiger partial charge in [0.2, 0.25) is 0 Å². The van der Waals surface area contributed by atoms with Gasteiger partial charge in [-0.05, 0) is 48.0 Å². The fourth-order valence-electron chi connectivity index (χ4n) is 5.48. The summed E-state index contributed by atoms with van der Waals surface area (Å²) in [6.45, 7) is 3.45. The van der Waals surface area contributed by atoms with Crippen molar-refractivity contribution in [2.75, 3.05) is 49.0 Å². The molecule has 0 aliphatic heterocycles. The zero-order valence-corrected chi connectivity index (χ0v) is 31.8. The van der Waals surface area contributed by atoms with E-state index in [2.05, 4.69) is 45.0 Å². The first-order valence-electron chi connectivity index (χ1n) is 16.3. The highest BCUT2D eigenvalue weighted by Gasteiger charge is 2.23. The number of ether oxygens (including phenoxy) is 1. The number of aliphatic hydroxyl groups is 1. The molecule has 0 saturated heterocycles. The molecule has 0 radical (unpaired) electrons. The number of methoxy groups -OCH3 is 1. The lowest BCUT2D eigenvalue weighted by Gasteiger charge is -2.25. The molecular formula is C37H38N6O8S3. The average Bonchev–Trinajstić information content (AvgIpc) is 3.16. The van der Waals surface area contributed by atoms with E-state index in [9.17, 15) is 27.0 Å². The summed E-state index contributed by atoms with van der Waals surface area (Å²) in [5.74, 6) is -1.58. The molecule has 54 heavy (non-hydrogen) atoms. The van der Waals surface area contributed by atoms with Gasteiger partial charge in [0, 0.05) is 59.0 Å². The van der Waals surface area contributed by atoms with Crippen molar-refractivity contribution in [1.82, 2.24) is 0 Å². The average molecular weight is 791 g/mol. The molecule has 5 aromatic carbocycles. The number of hydrogen-bond acceptors (Lipinski definition) is 15. The molecule has 0 aliphatic rings. The molecule has 4 N–H and O–H groups in total. The van der Waals surface area contributed by atoms with Crippen LogP contribution in [0.3, 0.4) is 0 Å². The smallest absolute Gasteiger partial charge is 0.184 e. The van der Waals surface area contributed by atoms with E-state index in [-0.39, 0.29) is 45.0 Å². The lowest BCUT2D eigenvalue weighted by molar-refractivity contribution is 0.319. The van der Waals surface area contributed by atoms with E-state index in [4.69, 9.17) is 9.84 Å². The summed E-state index contributed by atoms with van der Waals surface area (Å²) in [6, 6.07) is 24.0. The molecule has 282 valence electrons. The summed E-state index contributed by atoms with van der Waals surface area (Å²) in [5.41, 5.74) is 3.10. The molecule has 0 saturated carbocycles. The second-order valence-corrected chi connectivity index (χ2v) is 16.4. The maximum atomic E-state index is 12.5. The van der Waals surface area contributed by atoms with Crippen molar-refractivity contribution in [2.45, 2.75) is 16.3 Å². The molecule has 0 aliphatic carbocycles. The molecule has 17 heteroatoms. The number of aromatic hydroxyl groups is 2. The molecule has 0 spiro atoms. The van der Waals surface area contributed by atoms with Crippen LogP contribution >= 0.6 is 12.6 Å². The van der Waals surface area contributed by atoms with Gasteiger partial charge >= 0.3 is 0 Å². The molecule has 5 rings (SSSR count). The van der Waals surface area contributed by atoms with Crippen LogP contribution in [0.5, 0.6) is 17.2 Å². The van der Waals surface area contributed by atoms with Crippen LogP contribution in [-0.4, -0.2) is 71.0 Å². The number of thiol groups is 1. The van der Waals surface area contributed by atoms with Gasteiger partial charge in [-0.25, -0.2) is 16.8 Å². The van der Waals surface area contributed by atoms with Crippen LogP contribution in [0.4, 0.5) is 34.1 Å². The van der Waals surface area contributed by atoms with Gasteiger partial charge in [0.1, 0.15) is 33.5 Å². The van der Waals surface area contributed by atoms with Crippen LogP contribution in [0.1, 0.15) is 5.56 Å². The lowest BCUT2D eigenvalue weighted by Crippen LogP contribution is -2.28. The Labute approximate surface area is 318 Å². The standard InChI is InChI=1S/C37H38N6O8S3/c1-4-53(47,48)17-15-43(26-11-6-5-7-12-26)23-24-9-8-10-25(19-24)39-41-35-28-20-33(52)36(37(46)27(28)13-14-29(35)38-2)42-40-30-21-32(51-3)34(22-31(30)45)54(49,50)18-16-44/h4-14,19-22,38,44-46,52H,1,15-18,23H2,2-3H3. The second kappa shape index (κ2) is 17.1. The SMILES string of the molecule is C=CS(=O)(=O)CCN(Cc1cccc(N=Nc2c(NC)ccc3c(O)c(N=Nc4cc(OC)c(S(=O)(=O)CCO)cc4O)c(S)cc23)c1)c1ccccc1. The quantitative estimate of drug-likeness (QED) is 0.0486. The number of para-hydroxylation sites is 1. The zero-order chi connectivity index (χ0) is 39.0. The number of sulfone groups is 2. The topological polar surface area (TPSA) is 203 Å². The van der Waals surface area contributed by atoms with Crippen LogP contribution in [0.2, 0.25) is 0 Å². The van der Waals surface area contributed by atoms with E-state index >= 15 is 0 Å². The van der Waals surface area contributed by atoms with Gasteiger partial charge in [-0.3, -0.25) is 0 Å². The van der Waals surface area contributed by atoms with Crippen molar-refractivity contribution in [2.24, 2.45) is 20.5 Å². The maximum absolute atomic E-state index is 12.5. The number of azo groups is 2. The second-order valence-electron chi connectivity index (χ2n) is 11.8. The number of nitrogens with zero attached hydrogens (tertiary/aromatic N) is 5. The van der Waals surface area contributed by atoms with Crippen molar-refractivity contribution in [1.29, 1.82) is 0 Å². The van der Waals surface area contributed by atoms with Crippen LogP contribution in [0.25, 0.3) is 10.8 Å². The van der Waals surface area contributed by atoms with Crippen molar-refractivity contribution >= 4 is 77.2 Å². The van der Waals surface area contributed by atoms with Crippen molar-refractivity contribution in [3.8, 4) is 17.2 Å². The molecule has 0 unspecified atom stereocenters. The first-order valence-corrected chi connectivity index (χ1v) is 20.1. The fraction of sp³-hybridized carbons (Fsp3) is 0.189. The Morgan fingerprint density at radius 1 is 0.870 bits per heavy atom. The third-order valence-corrected chi connectivity index (χ3v) is 11.6. The third-order valence-electron chi connectivity index (χ3n) is 8.27. The minimum absolute atomic E-state index is 0.0298. The normalized spacial score (nSPS) is 12.1. The van der Waals surface area contributed by atoms with Gasteiger partial charge < -0.3 is 30.3 Å². The minimum atomic E-state index is -3.96. The number of phenolic OH excluding ortho intramolecular Hbond substituents is 2. The summed E-state index contributed by atoms with van der Waals surface area (Å²) in [5, 5.41) is 53.2. The van der Waals surface area contributed by atoms with Crippen molar-refractivity contribution in [3.63, 3.8) is 0 Å². The highest BCUT2D eigenvalue weighted by Crippen LogP contribution is 2.47. The van der Waals surface area contributed by atoms with Crippen LogP contribution in [0, 0.1) is 0 Å². The van der Waals surface area contributed by atoms with Gasteiger partial charge in [-0.1, -0.05) is 36.9 Å². The number of anilines is 2. The van der Waals surface area contributed by atoms with E-state index in [0.29, 0.717) is 34.4 Å². The van der Waals surface area contributed by atoms with E-state index < -0.39 is 37.8 Å². The zero-order valence-electron chi connectivity index (χ0n) is 29.3. The monoisotopic (exact) mass is 790 g/mol. The van der Waals surface area contributed by atoms with E-state index in [1.54, 1.807) is 31.3 Å². The Bertz CT molecular complexity index is 2460. The first-order chi connectivity index (χ1) is 25.8. The van der Waals surface area contributed by atoms with Gasteiger partial charge in [0.15, 0.2) is 25.4 Å². The van der Waals surface area contributed by atoms with Gasteiger partial charge in [-0.15, -0.1) is 28.0 Å². The Morgan fingerprint density at radius 3 is 2.30 bits per heavy atom. The molecule has 0 heterocycles. The molecule has 0 bridgehead atoms. The molecule has 0 atom stereocenters. The summed E-state index contributed by atoms with van der Waals surface area (Å²) in [6.07, 6.45) is 0. The highest BCUT2D eigenvalue weighted by atomic mass is 32.2. The number of phenols is 2. The van der Waals surface area contributed by atoms with Crippen molar-refractivity contribution in [3.05, 3.63) is 102 Å². The van der Waals surface area contributed by atoms with E-state index in [1.165, 1.54) is 13.2 Å². The Hall–Kier alpha value is -5.49. The van der Waals surface area contributed by atoms with Crippen LogP contribution in [-0.2, 0) is 26.2 Å². The maximum Gasteiger partial charge on any atom is 0.184 e. The molecule has 0 aromatic heterocycles. The third kappa shape index (κ3) is 9.17. The Kier molecular flexibility index (Phi) is 12.6. The number of nitrogens with one attached hydrogen (secondary N) is 1. The summed E-state index contributed by atoms with van der Waals surface area (Å²) in [4.78, 5) is 1.85. The van der Waals surface area contributed by atoms with E-state index in [0.717, 1.165) is 22.7 Å². The number of rotatable bonds is 16. The number of hydrogen-bond donors (Lipinski definition) is 5. The number of benzene rings is 5. The molecule has 14 nitrogen and oxygen atoms in total. The lowest BCUT2D eigenvalue weighted by atomic mass is 10.1. The predicted octanol–water partition coefficient (Wildman–Crippen LogP) is 7.75. The fourth-order valence-corrected chi connectivity index (χ4v) is 7.60.